The molecule has 120 valence electrons. The van der Waals surface area contributed by atoms with Crippen LogP contribution < -0.4 is 9.64 Å². The Morgan fingerprint density at radius 3 is 2.65 bits per heavy atom. The fourth-order valence-corrected chi connectivity index (χ4v) is 2.77. The number of carboxylic acid groups (broad SMARTS) is 1. The molecule has 0 spiro atoms. The summed E-state index contributed by atoms with van der Waals surface area (Å²) in [7, 11) is 1.61. The highest BCUT2D eigenvalue weighted by atomic mass is 16.5. The molecule has 0 fully saturated rings. The molecule has 3 rings (SSSR count). The van der Waals surface area contributed by atoms with Gasteiger partial charge in [0.05, 0.1) is 7.11 Å². The maximum absolute atomic E-state index is 12.7. The predicted octanol–water partition coefficient (Wildman–Crippen LogP) is 2.97. The fourth-order valence-electron chi connectivity index (χ4n) is 2.77. The first-order chi connectivity index (χ1) is 11.1. The van der Waals surface area contributed by atoms with Crippen molar-refractivity contribution in [2.24, 2.45) is 0 Å². The number of rotatable bonds is 3. The Morgan fingerprint density at radius 1 is 1.17 bits per heavy atom. The average molecular weight is 315 g/mol. The van der Waals surface area contributed by atoms with Gasteiger partial charge in [0.2, 0.25) is 5.76 Å². The van der Waals surface area contributed by atoms with Gasteiger partial charge in [-0.2, -0.15) is 0 Å². The van der Waals surface area contributed by atoms with Gasteiger partial charge in [0, 0.05) is 12.2 Å². The van der Waals surface area contributed by atoms with Crippen molar-refractivity contribution in [1.82, 2.24) is 0 Å². The second-order valence-electron chi connectivity index (χ2n) is 5.38. The summed E-state index contributed by atoms with van der Waals surface area (Å²) in [4.78, 5) is 25.3. The average Bonchev–Trinajstić information content (AvgIpc) is 2.96. The zero-order valence-electron chi connectivity index (χ0n) is 12.7. The van der Waals surface area contributed by atoms with Crippen molar-refractivity contribution in [3.8, 4) is 5.75 Å². The Hall–Kier alpha value is -2.76. The number of ether oxygens (including phenoxy) is 1. The maximum Gasteiger partial charge on any atom is 0.371 e. The van der Waals surface area contributed by atoms with Gasteiger partial charge in [0.1, 0.15) is 5.75 Å². The summed E-state index contributed by atoms with van der Waals surface area (Å²) in [5.41, 5.74) is 1.86. The summed E-state index contributed by atoms with van der Waals surface area (Å²) in [6.07, 6.45) is 2.71. The SMILES string of the molecule is COc1ccc2c(c1)CCCCN2C(=O)c1ccc(C(=O)O)o1. The molecule has 1 aromatic heterocycles. The van der Waals surface area contributed by atoms with E-state index in [2.05, 4.69) is 0 Å². The van der Waals surface area contributed by atoms with Crippen molar-refractivity contribution in [3.05, 3.63) is 47.4 Å². The summed E-state index contributed by atoms with van der Waals surface area (Å²) in [5.74, 6) is -0.968. The number of aryl methyl sites for hydroxylation is 1. The second kappa shape index (κ2) is 6.16. The lowest BCUT2D eigenvalue weighted by atomic mass is 10.1. The molecule has 1 aromatic carbocycles. The third kappa shape index (κ3) is 2.92. The molecular formula is C17H17NO5. The molecule has 0 aliphatic carbocycles. The summed E-state index contributed by atoms with van der Waals surface area (Å²) in [5, 5.41) is 8.92. The predicted molar refractivity (Wildman–Crippen MR) is 83.3 cm³/mol. The van der Waals surface area contributed by atoms with Crippen LogP contribution >= 0.6 is 0 Å². The van der Waals surface area contributed by atoms with Crippen molar-refractivity contribution < 1.29 is 23.8 Å². The monoisotopic (exact) mass is 315 g/mol. The molecule has 1 aliphatic heterocycles. The molecule has 0 saturated carbocycles. The lowest BCUT2D eigenvalue weighted by Gasteiger charge is -2.22. The largest absolute Gasteiger partial charge is 0.497 e. The van der Waals surface area contributed by atoms with E-state index >= 15 is 0 Å². The molecular weight excluding hydrogens is 298 g/mol. The topological polar surface area (TPSA) is 80.0 Å². The normalized spacial score (nSPS) is 14.0. The van der Waals surface area contributed by atoms with Crippen LogP contribution in [0.25, 0.3) is 0 Å². The minimum Gasteiger partial charge on any atom is -0.497 e. The molecule has 1 aliphatic rings. The highest BCUT2D eigenvalue weighted by Crippen LogP contribution is 2.31. The van der Waals surface area contributed by atoms with Crippen molar-refractivity contribution in [2.45, 2.75) is 19.3 Å². The van der Waals surface area contributed by atoms with Gasteiger partial charge in [0.25, 0.3) is 5.91 Å². The number of methoxy groups -OCH3 is 1. The van der Waals surface area contributed by atoms with E-state index in [0.29, 0.717) is 6.54 Å². The summed E-state index contributed by atoms with van der Waals surface area (Å²) in [6.45, 7) is 0.571. The summed E-state index contributed by atoms with van der Waals surface area (Å²) in [6, 6.07) is 8.31. The first kappa shape index (κ1) is 15.1. The molecule has 1 amide bonds. The number of nitrogens with zero attached hydrogens (tertiary/aromatic N) is 1. The van der Waals surface area contributed by atoms with E-state index in [1.165, 1.54) is 12.1 Å². The Bertz CT molecular complexity index is 749. The van der Waals surface area contributed by atoms with E-state index in [-0.39, 0.29) is 17.4 Å². The number of carbonyl (C=O) groups is 2. The Kier molecular flexibility index (Phi) is 4.06. The smallest absolute Gasteiger partial charge is 0.371 e. The van der Waals surface area contributed by atoms with Gasteiger partial charge in [-0.25, -0.2) is 4.79 Å². The van der Waals surface area contributed by atoms with E-state index in [1.807, 2.05) is 18.2 Å². The van der Waals surface area contributed by atoms with Crippen LogP contribution in [0.1, 0.15) is 39.5 Å². The number of amides is 1. The number of aromatic carboxylic acids is 1. The fraction of sp³-hybridized carbons (Fsp3) is 0.294. The Morgan fingerprint density at radius 2 is 1.96 bits per heavy atom. The third-order valence-corrected chi connectivity index (χ3v) is 3.93. The zero-order valence-corrected chi connectivity index (χ0v) is 12.7. The van der Waals surface area contributed by atoms with Gasteiger partial charge in [-0.3, -0.25) is 4.79 Å². The van der Waals surface area contributed by atoms with Crippen molar-refractivity contribution in [2.75, 3.05) is 18.6 Å². The van der Waals surface area contributed by atoms with Crippen LogP contribution in [0, 0.1) is 0 Å². The van der Waals surface area contributed by atoms with Gasteiger partial charge in [0.15, 0.2) is 5.76 Å². The van der Waals surface area contributed by atoms with Crippen LogP contribution in [0.15, 0.2) is 34.7 Å². The van der Waals surface area contributed by atoms with Crippen molar-refractivity contribution >= 4 is 17.6 Å². The summed E-state index contributed by atoms with van der Waals surface area (Å²) < 4.78 is 10.4. The molecule has 1 N–H and O–H groups in total. The standard InChI is InChI=1S/C17H17NO5/c1-22-12-5-6-13-11(10-12)4-2-3-9-18(13)16(19)14-7-8-15(23-14)17(20)21/h5-8,10H,2-4,9H2,1H3,(H,20,21). The first-order valence-corrected chi connectivity index (χ1v) is 7.42. The molecule has 2 aromatic rings. The third-order valence-electron chi connectivity index (χ3n) is 3.93. The molecule has 2 heterocycles. The van der Waals surface area contributed by atoms with E-state index in [4.69, 9.17) is 14.3 Å². The number of hydrogen-bond acceptors (Lipinski definition) is 4. The number of fused-ring (bicyclic) bond motifs is 1. The molecule has 0 unspecified atom stereocenters. The van der Waals surface area contributed by atoms with Gasteiger partial charge < -0.3 is 19.2 Å². The molecule has 6 heteroatoms. The maximum atomic E-state index is 12.7. The van der Waals surface area contributed by atoms with Crippen LogP contribution in [0.5, 0.6) is 5.75 Å². The van der Waals surface area contributed by atoms with Crippen LogP contribution in [-0.4, -0.2) is 30.6 Å². The molecule has 0 atom stereocenters. The van der Waals surface area contributed by atoms with Crippen LogP contribution in [0.4, 0.5) is 5.69 Å². The number of furan rings is 1. The number of benzene rings is 1. The number of hydrogen-bond donors (Lipinski definition) is 1. The molecule has 0 bridgehead atoms. The quantitative estimate of drug-likeness (QED) is 0.942. The highest BCUT2D eigenvalue weighted by molar-refractivity contribution is 6.05. The molecule has 0 saturated heterocycles. The van der Waals surface area contributed by atoms with Gasteiger partial charge in [-0.1, -0.05) is 0 Å². The zero-order chi connectivity index (χ0) is 16.4. The van der Waals surface area contributed by atoms with Gasteiger partial charge in [-0.15, -0.1) is 0 Å². The lowest BCUT2D eigenvalue weighted by Crippen LogP contribution is -2.31. The summed E-state index contributed by atoms with van der Waals surface area (Å²) >= 11 is 0. The van der Waals surface area contributed by atoms with E-state index in [0.717, 1.165) is 36.3 Å². The van der Waals surface area contributed by atoms with Crippen molar-refractivity contribution in [3.63, 3.8) is 0 Å². The minimum absolute atomic E-state index is 0.0334. The lowest BCUT2D eigenvalue weighted by molar-refractivity contribution is 0.0660. The molecule has 6 nitrogen and oxygen atoms in total. The highest BCUT2D eigenvalue weighted by Gasteiger charge is 2.25. The number of anilines is 1. The van der Waals surface area contributed by atoms with Gasteiger partial charge in [-0.05, 0) is 55.2 Å². The van der Waals surface area contributed by atoms with Crippen LogP contribution in [0.2, 0.25) is 0 Å². The van der Waals surface area contributed by atoms with E-state index in [1.54, 1.807) is 12.0 Å². The van der Waals surface area contributed by atoms with Crippen molar-refractivity contribution in [1.29, 1.82) is 0 Å². The number of carbonyl (C=O) groups excluding carboxylic acids is 1. The number of carboxylic acids is 1. The van der Waals surface area contributed by atoms with Crippen LogP contribution in [-0.2, 0) is 6.42 Å². The van der Waals surface area contributed by atoms with Gasteiger partial charge >= 0.3 is 5.97 Å². The molecule has 23 heavy (non-hydrogen) atoms. The second-order valence-corrected chi connectivity index (χ2v) is 5.38. The van der Waals surface area contributed by atoms with E-state index < -0.39 is 5.97 Å². The first-order valence-electron chi connectivity index (χ1n) is 7.42. The minimum atomic E-state index is -1.19. The van der Waals surface area contributed by atoms with Crippen LogP contribution in [0.3, 0.4) is 0 Å². The Labute approximate surface area is 133 Å². The van der Waals surface area contributed by atoms with E-state index in [9.17, 15) is 9.59 Å². The molecule has 0 radical (unpaired) electrons. The Balaban J connectivity index is 1.95.